The zero-order chi connectivity index (χ0) is 51.5. The second-order valence-electron chi connectivity index (χ2n) is 16.5. The second-order valence-corrected chi connectivity index (χ2v) is 17.1. The van der Waals surface area contributed by atoms with E-state index in [2.05, 4.69) is 15.9 Å². The minimum absolute atomic E-state index is 0.00825. The maximum atomic E-state index is 13.3. The highest BCUT2D eigenvalue weighted by Gasteiger charge is 2.38. The van der Waals surface area contributed by atoms with E-state index in [1.165, 1.54) is 59.6 Å². The Balaban J connectivity index is 0.000000198. The molecule has 0 bridgehead atoms. The van der Waals surface area contributed by atoms with Crippen LogP contribution in [0.25, 0.3) is 0 Å². The molecule has 2 aliphatic rings. The van der Waals surface area contributed by atoms with Gasteiger partial charge in [-0.15, -0.1) is 0 Å². The summed E-state index contributed by atoms with van der Waals surface area (Å²) < 4.78 is 21.5. The second kappa shape index (κ2) is 24.0. The van der Waals surface area contributed by atoms with Crippen molar-refractivity contribution in [3.05, 3.63) is 217 Å². The third-order valence-corrected chi connectivity index (χ3v) is 12.4. The topological polar surface area (TPSA) is 256 Å². The number of rotatable bonds is 12. The summed E-state index contributed by atoms with van der Waals surface area (Å²) in [6.07, 6.45) is 1.11. The van der Waals surface area contributed by atoms with Crippen LogP contribution in [-0.2, 0) is 26.1 Å². The fraction of sp³-hybridized carbons (Fsp3) is 0.320. The summed E-state index contributed by atoms with van der Waals surface area (Å²) in [4.78, 5) is 97.6. The van der Waals surface area contributed by atoms with Crippen LogP contribution in [0.15, 0.2) is 141 Å². The van der Waals surface area contributed by atoms with Gasteiger partial charge in [-0.3, -0.25) is 48.5 Å². The van der Waals surface area contributed by atoms with Gasteiger partial charge in [0, 0.05) is 70.5 Å². The van der Waals surface area contributed by atoms with Gasteiger partial charge in [0.1, 0.15) is 12.5 Å². The quantitative estimate of drug-likeness (QED) is 0.0756. The maximum Gasteiger partial charge on any atom is 0.340 e. The molecule has 4 aromatic carbocycles. The number of aromatic nitrogens is 4. The van der Waals surface area contributed by atoms with Crippen LogP contribution in [0.1, 0.15) is 95.0 Å². The van der Waals surface area contributed by atoms with Crippen LogP contribution in [0.3, 0.4) is 0 Å². The van der Waals surface area contributed by atoms with Gasteiger partial charge in [-0.1, -0.05) is 96.5 Å². The summed E-state index contributed by atoms with van der Waals surface area (Å²) in [6, 6.07) is 29.3. The van der Waals surface area contributed by atoms with E-state index in [0.29, 0.717) is 38.4 Å². The van der Waals surface area contributed by atoms with Gasteiger partial charge in [0.25, 0.3) is 34.3 Å². The number of para-hydroxylation sites is 2. The molecule has 0 amide bonds. The smallest absolute Gasteiger partial charge is 0.340 e. The van der Waals surface area contributed by atoms with Crippen molar-refractivity contribution in [3.8, 4) is 0 Å². The molecule has 6 atom stereocenters. The number of carbonyl (C=O) groups is 2. The van der Waals surface area contributed by atoms with Crippen molar-refractivity contribution >= 4 is 39.1 Å². The molecule has 4 heterocycles. The summed E-state index contributed by atoms with van der Waals surface area (Å²) >= 11 is 3.17. The molecule has 2 aromatic heterocycles. The van der Waals surface area contributed by atoms with Crippen molar-refractivity contribution in [2.24, 2.45) is 0 Å². The standard InChI is InChI=1S/C25H25N3O7.C18H20N2O5.C7H6BrNO2/c1-3-20-21(34-15-18-11-7-8-12-19(18)28(32)33)13-22(35-20)26-14-16(2)23(29)27(25(26)31)24(30)17-9-5-4-6-10-17;1-3-14-13(21)9-15(25-14)19-10-11(2)16(22)20(18(19)24)17(23)12-7-5-4-6-8-12;8-5-6-3-1-2-4-7(6)9(10)11/h4-12,14,20-22H,3,13,15H2,1-2H3;4-8,10,13-15,21H,3,9H2,1-2H3;1-4H,5H2. The Kier molecular flexibility index (Phi) is 17.9. The fourth-order valence-electron chi connectivity index (χ4n) is 8.06. The molecular weight excluding hydrogens is 988 g/mol. The number of nitro groups is 2. The number of nitrogens with zero attached hydrogens (tertiary/aromatic N) is 6. The fourth-order valence-corrected chi connectivity index (χ4v) is 8.53. The van der Waals surface area contributed by atoms with Crippen molar-refractivity contribution < 1.29 is 38.8 Å². The molecule has 20 nitrogen and oxygen atoms in total. The van der Waals surface area contributed by atoms with Crippen LogP contribution in [0.2, 0.25) is 0 Å². The third-order valence-electron chi connectivity index (χ3n) is 11.8. The minimum Gasteiger partial charge on any atom is -0.390 e. The van der Waals surface area contributed by atoms with Gasteiger partial charge in [0.2, 0.25) is 0 Å². The molecule has 0 saturated carbocycles. The Bertz CT molecular complexity index is 3140. The first-order valence-electron chi connectivity index (χ1n) is 22.5. The predicted octanol–water partition coefficient (Wildman–Crippen LogP) is 6.75. The first-order valence-corrected chi connectivity index (χ1v) is 23.6. The van der Waals surface area contributed by atoms with E-state index < -0.39 is 63.9 Å². The molecule has 71 heavy (non-hydrogen) atoms. The summed E-state index contributed by atoms with van der Waals surface area (Å²) in [5, 5.41) is 32.2. The van der Waals surface area contributed by atoms with Crippen LogP contribution in [0.4, 0.5) is 11.4 Å². The molecule has 8 rings (SSSR count). The number of aliphatic hydroxyl groups is 1. The van der Waals surface area contributed by atoms with E-state index in [1.807, 2.05) is 13.8 Å². The molecule has 6 aromatic rings. The Hall–Kier alpha value is -7.30. The highest BCUT2D eigenvalue weighted by molar-refractivity contribution is 9.08. The number of halogens is 1. The zero-order valence-corrected chi connectivity index (χ0v) is 40.7. The lowest BCUT2D eigenvalue weighted by Crippen LogP contribution is -2.45. The number of carbonyl (C=O) groups excluding carboxylic acids is 2. The van der Waals surface area contributed by atoms with E-state index in [9.17, 15) is 54.1 Å². The zero-order valence-electron chi connectivity index (χ0n) is 39.1. The van der Waals surface area contributed by atoms with Crippen LogP contribution >= 0.6 is 15.9 Å². The SMILES string of the molecule is CCC1OC(n2cc(C)c(=O)n(C(=O)c3ccccc3)c2=O)CC1O.CCC1OC(n2cc(C)c(=O)n(C(=O)c3ccccc3)c2=O)CC1OCc1ccccc1[N+](=O)[O-].O=[N+]([O-])c1ccccc1CBr. The van der Waals surface area contributed by atoms with Gasteiger partial charge in [0.15, 0.2) is 0 Å². The number of hydrogen-bond acceptors (Lipinski definition) is 14. The van der Waals surface area contributed by atoms with Crippen molar-refractivity contribution in [3.63, 3.8) is 0 Å². The Morgan fingerprint density at radius 1 is 0.648 bits per heavy atom. The third kappa shape index (κ3) is 12.2. The van der Waals surface area contributed by atoms with Gasteiger partial charge in [-0.2, -0.15) is 9.13 Å². The molecule has 2 saturated heterocycles. The van der Waals surface area contributed by atoms with E-state index in [-0.39, 0.29) is 70.2 Å². The number of alkyl halides is 1. The van der Waals surface area contributed by atoms with Crippen LogP contribution < -0.4 is 22.5 Å². The summed E-state index contributed by atoms with van der Waals surface area (Å²) in [6.45, 7) is 6.86. The summed E-state index contributed by atoms with van der Waals surface area (Å²) in [5.41, 5.74) is -0.688. The summed E-state index contributed by atoms with van der Waals surface area (Å²) in [7, 11) is 0. The number of aryl methyl sites for hydroxylation is 2. The number of benzene rings is 4. The first kappa shape index (κ1) is 53.1. The average molecular weight is 1040 g/mol. The highest BCUT2D eigenvalue weighted by atomic mass is 79.9. The monoisotopic (exact) mass is 1040 g/mol. The van der Waals surface area contributed by atoms with Gasteiger partial charge < -0.3 is 19.3 Å². The van der Waals surface area contributed by atoms with Gasteiger partial charge >= 0.3 is 11.4 Å². The normalized spacial score (nSPS) is 19.2. The first-order chi connectivity index (χ1) is 34.0. The lowest BCUT2D eigenvalue weighted by Gasteiger charge is -2.17. The predicted molar refractivity (Wildman–Crippen MR) is 263 cm³/mol. The Morgan fingerprint density at radius 2 is 1.06 bits per heavy atom. The number of ether oxygens (including phenoxy) is 3. The average Bonchev–Trinajstić information content (AvgIpc) is 3.98. The minimum atomic E-state index is -0.798. The Labute approximate surface area is 413 Å². The van der Waals surface area contributed by atoms with Gasteiger partial charge in [-0.25, -0.2) is 9.59 Å². The van der Waals surface area contributed by atoms with Crippen molar-refractivity contribution in [1.29, 1.82) is 0 Å². The van der Waals surface area contributed by atoms with Gasteiger partial charge in [-0.05, 0) is 57.0 Å². The highest BCUT2D eigenvalue weighted by Crippen LogP contribution is 2.33. The van der Waals surface area contributed by atoms with Crippen LogP contribution in [-0.4, -0.2) is 69.5 Å². The number of hydrogen-bond donors (Lipinski definition) is 1. The molecule has 2 aliphatic heterocycles. The molecule has 1 N–H and O–H groups in total. The molecule has 372 valence electrons. The molecule has 2 fully saturated rings. The molecule has 0 spiro atoms. The largest absolute Gasteiger partial charge is 0.390 e. The molecular formula is C50H51BrN6O14. The van der Waals surface area contributed by atoms with Crippen molar-refractivity contribution in [2.45, 2.75) is 102 Å². The van der Waals surface area contributed by atoms with Crippen molar-refractivity contribution in [2.75, 3.05) is 0 Å². The van der Waals surface area contributed by atoms with Crippen molar-refractivity contribution in [1.82, 2.24) is 18.3 Å². The van der Waals surface area contributed by atoms with E-state index in [1.54, 1.807) is 84.9 Å². The van der Waals surface area contributed by atoms with E-state index >= 15 is 0 Å². The summed E-state index contributed by atoms with van der Waals surface area (Å²) in [5.74, 6) is -1.40. The Morgan fingerprint density at radius 3 is 1.48 bits per heavy atom. The van der Waals surface area contributed by atoms with Crippen LogP contribution in [0.5, 0.6) is 0 Å². The van der Waals surface area contributed by atoms with E-state index in [0.717, 1.165) is 0 Å². The number of nitro benzene ring substituents is 2. The lowest BCUT2D eigenvalue weighted by atomic mass is 10.1. The number of aliphatic hydroxyl groups excluding tert-OH is 1. The molecule has 21 heteroatoms. The molecule has 0 aliphatic carbocycles. The maximum absolute atomic E-state index is 13.3. The molecule has 6 unspecified atom stereocenters. The van der Waals surface area contributed by atoms with E-state index in [4.69, 9.17) is 14.2 Å². The van der Waals surface area contributed by atoms with Gasteiger partial charge in [0.05, 0.1) is 46.4 Å². The van der Waals surface area contributed by atoms with Crippen LogP contribution in [0, 0.1) is 34.1 Å². The molecule has 0 radical (unpaired) electrons. The lowest BCUT2D eigenvalue weighted by molar-refractivity contribution is -0.386.